The highest BCUT2D eigenvalue weighted by Gasteiger charge is 2.18. The zero-order valence-electron chi connectivity index (χ0n) is 10.6. The lowest BCUT2D eigenvalue weighted by atomic mass is 9.81. The molecule has 0 aliphatic carbocycles. The minimum absolute atomic E-state index is 0.223. The minimum Gasteiger partial charge on any atom is -0.102 e. The second kappa shape index (κ2) is 4.22. The molecule has 0 aliphatic rings. The fourth-order valence-corrected chi connectivity index (χ4v) is 2.09. The molecule has 0 heterocycles. The summed E-state index contributed by atoms with van der Waals surface area (Å²) in [5.41, 5.74) is 4.48. The third-order valence-corrected chi connectivity index (χ3v) is 3.03. The second-order valence-corrected chi connectivity index (χ2v) is 5.29. The molecular weight excluding hydrogens is 180 g/mol. The van der Waals surface area contributed by atoms with Gasteiger partial charge in [-0.15, -0.1) is 6.58 Å². The molecule has 0 amide bonds. The summed E-state index contributed by atoms with van der Waals surface area (Å²) in [5.74, 6) is 0.437. The number of hydrogen-bond donors (Lipinski definition) is 0. The maximum absolute atomic E-state index is 3.87. The topological polar surface area (TPSA) is 0 Å². The second-order valence-electron chi connectivity index (χ2n) is 5.29. The number of hydrogen-bond acceptors (Lipinski definition) is 0. The van der Waals surface area contributed by atoms with E-state index in [1.165, 1.54) is 16.7 Å². The van der Waals surface area contributed by atoms with Crippen LogP contribution in [-0.2, 0) is 5.41 Å². The molecule has 0 saturated heterocycles. The van der Waals surface area contributed by atoms with Crippen molar-refractivity contribution >= 4 is 0 Å². The molecule has 82 valence electrons. The van der Waals surface area contributed by atoms with Gasteiger partial charge in [0, 0.05) is 0 Å². The van der Waals surface area contributed by atoms with Crippen LogP contribution in [0.3, 0.4) is 0 Å². The predicted octanol–water partition coefficient (Wildman–Crippen LogP) is 4.58. The van der Waals surface area contributed by atoms with Crippen molar-refractivity contribution in [2.24, 2.45) is 0 Å². The quantitative estimate of drug-likeness (QED) is 0.616. The molecule has 0 heteroatoms. The summed E-state index contributed by atoms with van der Waals surface area (Å²) < 4.78 is 0. The first-order chi connectivity index (χ1) is 6.88. The Morgan fingerprint density at radius 3 is 2.33 bits per heavy atom. The van der Waals surface area contributed by atoms with Gasteiger partial charge in [-0.05, 0) is 34.9 Å². The van der Waals surface area contributed by atoms with Crippen LogP contribution >= 0.6 is 0 Å². The van der Waals surface area contributed by atoms with E-state index >= 15 is 0 Å². The summed E-state index contributed by atoms with van der Waals surface area (Å²) in [6.07, 6.45) is 2.01. The van der Waals surface area contributed by atoms with Crippen molar-refractivity contribution in [1.29, 1.82) is 0 Å². The zero-order valence-corrected chi connectivity index (χ0v) is 10.6. The fourth-order valence-electron chi connectivity index (χ4n) is 2.09. The Morgan fingerprint density at radius 1 is 1.27 bits per heavy atom. The summed E-state index contributed by atoms with van der Waals surface area (Å²) in [5, 5.41) is 0. The lowest BCUT2D eigenvalue weighted by Crippen LogP contribution is -2.14. The van der Waals surface area contributed by atoms with Crippen LogP contribution in [0.25, 0.3) is 0 Å². The largest absolute Gasteiger partial charge is 0.102 e. The number of rotatable bonds is 2. The monoisotopic (exact) mass is 202 g/mol. The van der Waals surface area contributed by atoms with Gasteiger partial charge in [0.1, 0.15) is 0 Å². The molecule has 1 atom stereocenters. The summed E-state index contributed by atoms with van der Waals surface area (Å²) in [6.45, 7) is 15.1. The molecule has 1 unspecified atom stereocenters. The van der Waals surface area contributed by atoms with E-state index in [2.05, 4.69) is 59.4 Å². The fraction of sp³-hybridized carbons (Fsp3) is 0.467. The molecule has 0 saturated carbocycles. The van der Waals surface area contributed by atoms with Crippen molar-refractivity contribution in [2.45, 2.75) is 46.0 Å². The van der Waals surface area contributed by atoms with Gasteiger partial charge in [0.2, 0.25) is 0 Å². The SMILES string of the molecule is C=CC(C)c1cccc(C(C)(C)C)c1C. The van der Waals surface area contributed by atoms with Crippen LogP contribution in [0.2, 0.25) is 0 Å². The van der Waals surface area contributed by atoms with Crippen molar-refractivity contribution < 1.29 is 0 Å². The van der Waals surface area contributed by atoms with Gasteiger partial charge in [0.05, 0.1) is 0 Å². The van der Waals surface area contributed by atoms with Gasteiger partial charge in [-0.2, -0.15) is 0 Å². The lowest BCUT2D eigenvalue weighted by Gasteiger charge is -2.24. The highest BCUT2D eigenvalue weighted by Crippen LogP contribution is 2.30. The van der Waals surface area contributed by atoms with Gasteiger partial charge in [-0.3, -0.25) is 0 Å². The lowest BCUT2D eigenvalue weighted by molar-refractivity contribution is 0.584. The van der Waals surface area contributed by atoms with Gasteiger partial charge in [-0.1, -0.05) is 52.0 Å². The minimum atomic E-state index is 0.223. The first-order valence-corrected chi connectivity index (χ1v) is 5.60. The van der Waals surface area contributed by atoms with E-state index in [1.54, 1.807) is 0 Å². The van der Waals surface area contributed by atoms with Crippen LogP contribution in [0.5, 0.6) is 0 Å². The van der Waals surface area contributed by atoms with Crippen molar-refractivity contribution in [3.05, 3.63) is 47.5 Å². The Hall–Kier alpha value is -1.04. The molecule has 0 aliphatic heterocycles. The highest BCUT2D eigenvalue weighted by atomic mass is 14.2. The van der Waals surface area contributed by atoms with E-state index in [9.17, 15) is 0 Å². The van der Waals surface area contributed by atoms with E-state index in [0.717, 1.165) is 0 Å². The van der Waals surface area contributed by atoms with E-state index in [1.807, 2.05) is 6.08 Å². The van der Waals surface area contributed by atoms with E-state index in [4.69, 9.17) is 0 Å². The van der Waals surface area contributed by atoms with Crippen LogP contribution in [0.4, 0.5) is 0 Å². The predicted molar refractivity (Wildman–Crippen MR) is 68.5 cm³/mol. The van der Waals surface area contributed by atoms with E-state index < -0.39 is 0 Å². The van der Waals surface area contributed by atoms with Crippen LogP contribution in [0.15, 0.2) is 30.9 Å². The van der Waals surface area contributed by atoms with E-state index in [0.29, 0.717) is 5.92 Å². The maximum atomic E-state index is 3.87. The zero-order chi connectivity index (χ0) is 11.6. The third kappa shape index (κ3) is 2.50. The van der Waals surface area contributed by atoms with Crippen molar-refractivity contribution in [1.82, 2.24) is 0 Å². The molecule has 0 spiro atoms. The molecule has 0 radical (unpaired) electrons. The van der Waals surface area contributed by atoms with Crippen LogP contribution in [0, 0.1) is 6.92 Å². The molecule has 0 aromatic heterocycles. The smallest absolute Gasteiger partial charge is 0.00104 e. The van der Waals surface area contributed by atoms with Crippen molar-refractivity contribution in [3.63, 3.8) is 0 Å². The Bertz CT molecular complexity index is 353. The van der Waals surface area contributed by atoms with Gasteiger partial charge in [0.25, 0.3) is 0 Å². The third-order valence-electron chi connectivity index (χ3n) is 3.03. The molecule has 1 rings (SSSR count). The summed E-state index contributed by atoms with van der Waals surface area (Å²) in [7, 11) is 0. The van der Waals surface area contributed by atoms with Crippen LogP contribution in [-0.4, -0.2) is 0 Å². The molecule has 1 aromatic carbocycles. The van der Waals surface area contributed by atoms with Crippen molar-refractivity contribution in [2.75, 3.05) is 0 Å². The Morgan fingerprint density at radius 2 is 1.87 bits per heavy atom. The maximum Gasteiger partial charge on any atom is -0.00104 e. The first-order valence-electron chi connectivity index (χ1n) is 5.60. The summed E-state index contributed by atoms with van der Waals surface area (Å²) >= 11 is 0. The number of benzene rings is 1. The molecule has 1 aromatic rings. The van der Waals surface area contributed by atoms with Gasteiger partial charge in [-0.25, -0.2) is 0 Å². The normalized spacial score (nSPS) is 13.7. The molecular formula is C15H22. The first kappa shape index (κ1) is 12.0. The Balaban J connectivity index is 3.29. The van der Waals surface area contributed by atoms with Crippen LogP contribution < -0.4 is 0 Å². The molecule has 0 fully saturated rings. The van der Waals surface area contributed by atoms with E-state index in [-0.39, 0.29) is 5.41 Å². The number of allylic oxidation sites excluding steroid dienone is 1. The van der Waals surface area contributed by atoms with Crippen LogP contribution in [0.1, 0.15) is 50.3 Å². The average Bonchev–Trinajstić information content (AvgIpc) is 2.15. The van der Waals surface area contributed by atoms with Gasteiger partial charge >= 0.3 is 0 Å². The molecule has 0 bridgehead atoms. The molecule has 15 heavy (non-hydrogen) atoms. The standard InChI is InChI=1S/C15H22/c1-7-11(2)13-9-8-10-14(12(13)3)15(4,5)6/h7-11H,1H2,2-6H3. The summed E-state index contributed by atoms with van der Waals surface area (Å²) in [4.78, 5) is 0. The summed E-state index contributed by atoms with van der Waals surface area (Å²) in [6, 6.07) is 6.59. The highest BCUT2D eigenvalue weighted by molar-refractivity contribution is 5.41. The van der Waals surface area contributed by atoms with Gasteiger partial charge < -0.3 is 0 Å². The average molecular weight is 202 g/mol. The van der Waals surface area contributed by atoms with Crippen molar-refractivity contribution in [3.8, 4) is 0 Å². The Labute approximate surface area is 94.0 Å². The Kier molecular flexibility index (Phi) is 3.38. The molecule has 0 nitrogen and oxygen atoms in total. The molecule has 0 N–H and O–H groups in total. The van der Waals surface area contributed by atoms with Gasteiger partial charge in [0.15, 0.2) is 0 Å².